The molecule has 128 valence electrons. The second-order valence-electron chi connectivity index (χ2n) is 6.52. The second-order valence-corrected chi connectivity index (χ2v) is 6.52. The Balaban J connectivity index is 2.20. The van der Waals surface area contributed by atoms with Gasteiger partial charge in [0.2, 0.25) is 5.91 Å². The van der Waals surface area contributed by atoms with Crippen LogP contribution < -0.4 is 10.2 Å². The Morgan fingerprint density at radius 3 is 2.33 bits per heavy atom. The SMILES string of the molecule is CCc1cccc(C)c1NC(=O)CN(c1ccccc1C)C(C)C. The number of amides is 1. The van der Waals surface area contributed by atoms with Gasteiger partial charge in [0.05, 0.1) is 6.54 Å². The molecule has 0 aliphatic heterocycles. The van der Waals surface area contributed by atoms with Crippen molar-refractivity contribution in [3.8, 4) is 0 Å². The first kappa shape index (κ1) is 18.1. The molecule has 0 aliphatic rings. The van der Waals surface area contributed by atoms with Crippen LogP contribution >= 0.6 is 0 Å². The molecule has 0 saturated heterocycles. The van der Waals surface area contributed by atoms with E-state index in [0.29, 0.717) is 6.54 Å². The van der Waals surface area contributed by atoms with Crippen LogP contribution in [-0.4, -0.2) is 18.5 Å². The highest BCUT2D eigenvalue weighted by Gasteiger charge is 2.17. The fraction of sp³-hybridized carbons (Fsp3) is 0.381. The lowest BCUT2D eigenvalue weighted by Gasteiger charge is -2.30. The van der Waals surface area contributed by atoms with Gasteiger partial charge in [0.15, 0.2) is 0 Å². The fourth-order valence-electron chi connectivity index (χ4n) is 2.97. The molecule has 0 fully saturated rings. The lowest BCUT2D eigenvalue weighted by molar-refractivity contribution is -0.115. The molecular formula is C21H28N2O. The van der Waals surface area contributed by atoms with Crippen LogP contribution in [-0.2, 0) is 11.2 Å². The number of carbonyl (C=O) groups excluding carboxylic acids is 1. The van der Waals surface area contributed by atoms with Crippen molar-refractivity contribution in [3.05, 3.63) is 59.2 Å². The summed E-state index contributed by atoms with van der Waals surface area (Å²) < 4.78 is 0. The van der Waals surface area contributed by atoms with Gasteiger partial charge in [-0.25, -0.2) is 0 Å². The molecule has 0 unspecified atom stereocenters. The normalized spacial score (nSPS) is 10.8. The minimum absolute atomic E-state index is 0.0240. The molecule has 0 saturated carbocycles. The van der Waals surface area contributed by atoms with Crippen LogP contribution in [0.3, 0.4) is 0 Å². The van der Waals surface area contributed by atoms with Crippen molar-refractivity contribution < 1.29 is 4.79 Å². The standard InChI is InChI=1S/C21H28N2O/c1-6-18-12-9-11-17(5)21(18)22-20(24)14-23(15(2)3)19-13-8-7-10-16(19)4/h7-13,15H,6,14H2,1-5H3,(H,22,24). The van der Waals surface area contributed by atoms with Crippen LogP contribution in [0.15, 0.2) is 42.5 Å². The number of hydrogen-bond acceptors (Lipinski definition) is 2. The van der Waals surface area contributed by atoms with Crippen LogP contribution in [0.5, 0.6) is 0 Å². The van der Waals surface area contributed by atoms with Crippen LogP contribution in [0.4, 0.5) is 11.4 Å². The second kappa shape index (κ2) is 8.00. The number of hydrogen-bond donors (Lipinski definition) is 1. The number of nitrogens with one attached hydrogen (secondary N) is 1. The van der Waals surface area contributed by atoms with E-state index >= 15 is 0 Å². The lowest BCUT2D eigenvalue weighted by Crippen LogP contribution is -2.38. The quantitative estimate of drug-likeness (QED) is 0.834. The zero-order valence-electron chi connectivity index (χ0n) is 15.4. The molecule has 2 rings (SSSR count). The minimum Gasteiger partial charge on any atom is -0.360 e. The number of anilines is 2. The van der Waals surface area contributed by atoms with Gasteiger partial charge in [-0.3, -0.25) is 4.79 Å². The molecule has 1 amide bonds. The number of rotatable bonds is 6. The summed E-state index contributed by atoms with van der Waals surface area (Å²) in [5.74, 6) is 0.0240. The first-order valence-electron chi connectivity index (χ1n) is 8.64. The third kappa shape index (κ3) is 4.16. The number of aryl methyl sites for hydroxylation is 3. The first-order chi connectivity index (χ1) is 11.4. The molecule has 0 bridgehead atoms. The van der Waals surface area contributed by atoms with E-state index in [-0.39, 0.29) is 11.9 Å². The van der Waals surface area contributed by atoms with Gasteiger partial charge in [0.25, 0.3) is 0 Å². The van der Waals surface area contributed by atoms with Crippen LogP contribution in [0.1, 0.15) is 37.5 Å². The maximum Gasteiger partial charge on any atom is 0.243 e. The average molecular weight is 324 g/mol. The van der Waals surface area contributed by atoms with E-state index in [1.807, 2.05) is 31.2 Å². The fourth-order valence-corrected chi connectivity index (χ4v) is 2.97. The Morgan fingerprint density at radius 1 is 1.04 bits per heavy atom. The monoisotopic (exact) mass is 324 g/mol. The molecular weight excluding hydrogens is 296 g/mol. The number of nitrogens with zero attached hydrogens (tertiary/aromatic N) is 1. The van der Waals surface area contributed by atoms with Crippen molar-refractivity contribution in [2.75, 3.05) is 16.8 Å². The molecule has 0 heterocycles. The van der Waals surface area contributed by atoms with Gasteiger partial charge in [0, 0.05) is 17.4 Å². The highest BCUT2D eigenvalue weighted by Crippen LogP contribution is 2.23. The van der Waals surface area contributed by atoms with E-state index in [4.69, 9.17) is 0 Å². The number of carbonyl (C=O) groups is 1. The summed E-state index contributed by atoms with van der Waals surface area (Å²) >= 11 is 0. The summed E-state index contributed by atoms with van der Waals surface area (Å²) in [6.45, 7) is 10.8. The van der Waals surface area contributed by atoms with Gasteiger partial charge >= 0.3 is 0 Å². The third-order valence-electron chi connectivity index (χ3n) is 4.37. The summed E-state index contributed by atoms with van der Waals surface area (Å²) in [7, 11) is 0. The lowest BCUT2D eigenvalue weighted by atomic mass is 10.1. The Morgan fingerprint density at radius 2 is 1.71 bits per heavy atom. The van der Waals surface area contributed by atoms with Gasteiger partial charge in [-0.05, 0) is 56.9 Å². The molecule has 0 atom stereocenters. The number of para-hydroxylation sites is 2. The molecule has 0 spiro atoms. The Hall–Kier alpha value is -2.29. The molecule has 0 aromatic heterocycles. The largest absolute Gasteiger partial charge is 0.360 e. The molecule has 24 heavy (non-hydrogen) atoms. The highest BCUT2D eigenvalue weighted by molar-refractivity contribution is 5.95. The first-order valence-corrected chi connectivity index (χ1v) is 8.64. The van der Waals surface area contributed by atoms with Gasteiger partial charge in [-0.1, -0.05) is 43.3 Å². The van der Waals surface area contributed by atoms with E-state index in [2.05, 4.69) is 56.1 Å². The summed E-state index contributed by atoms with van der Waals surface area (Å²) in [5, 5.41) is 3.12. The van der Waals surface area contributed by atoms with Crippen molar-refractivity contribution in [1.82, 2.24) is 0 Å². The maximum absolute atomic E-state index is 12.7. The van der Waals surface area contributed by atoms with E-state index < -0.39 is 0 Å². The Bertz CT molecular complexity index is 707. The number of benzene rings is 2. The molecule has 0 radical (unpaired) electrons. The van der Waals surface area contributed by atoms with Crippen molar-refractivity contribution in [2.45, 2.75) is 47.1 Å². The summed E-state index contributed by atoms with van der Waals surface area (Å²) in [5.41, 5.74) is 5.54. The predicted octanol–water partition coefficient (Wildman–Crippen LogP) is 4.72. The van der Waals surface area contributed by atoms with E-state index in [0.717, 1.165) is 23.4 Å². The topological polar surface area (TPSA) is 32.3 Å². The molecule has 3 heteroatoms. The average Bonchev–Trinajstić information content (AvgIpc) is 2.55. The van der Waals surface area contributed by atoms with E-state index in [9.17, 15) is 4.79 Å². The zero-order valence-corrected chi connectivity index (χ0v) is 15.4. The Kier molecular flexibility index (Phi) is 6.02. The van der Waals surface area contributed by atoms with E-state index in [1.54, 1.807) is 0 Å². The molecule has 2 aromatic carbocycles. The van der Waals surface area contributed by atoms with Crippen molar-refractivity contribution in [2.24, 2.45) is 0 Å². The van der Waals surface area contributed by atoms with Crippen LogP contribution in [0.2, 0.25) is 0 Å². The highest BCUT2D eigenvalue weighted by atomic mass is 16.2. The molecule has 0 aliphatic carbocycles. The van der Waals surface area contributed by atoms with Crippen LogP contribution in [0, 0.1) is 13.8 Å². The summed E-state index contributed by atoms with van der Waals surface area (Å²) in [6, 6.07) is 14.6. The predicted molar refractivity (Wildman–Crippen MR) is 103 cm³/mol. The van der Waals surface area contributed by atoms with Gasteiger partial charge < -0.3 is 10.2 Å². The third-order valence-corrected chi connectivity index (χ3v) is 4.37. The van der Waals surface area contributed by atoms with Crippen molar-refractivity contribution >= 4 is 17.3 Å². The van der Waals surface area contributed by atoms with Crippen molar-refractivity contribution in [1.29, 1.82) is 0 Å². The molecule has 1 N–H and O–H groups in total. The van der Waals surface area contributed by atoms with Crippen LogP contribution in [0.25, 0.3) is 0 Å². The van der Waals surface area contributed by atoms with Crippen molar-refractivity contribution in [3.63, 3.8) is 0 Å². The maximum atomic E-state index is 12.7. The minimum atomic E-state index is 0.0240. The van der Waals surface area contributed by atoms with E-state index in [1.165, 1.54) is 11.1 Å². The summed E-state index contributed by atoms with van der Waals surface area (Å²) in [4.78, 5) is 14.8. The molecule has 2 aromatic rings. The van der Waals surface area contributed by atoms with Gasteiger partial charge in [-0.2, -0.15) is 0 Å². The van der Waals surface area contributed by atoms with Gasteiger partial charge in [0.1, 0.15) is 0 Å². The smallest absolute Gasteiger partial charge is 0.243 e. The van der Waals surface area contributed by atoms with Gasteiger partial charge in [-0.15, -0.1) is 0 Å². The molecule has 3 nitrogen and oxygen atoms in total. The zero-order chi connectivity index (χ0) is 17.7. The Labute approximate surface area is 145 Å². The summed E-state index contributed by atoms with van der Waals surface area (Å²) in [6.07, 6.45) is 0.906.